The van der Waals surface area contributed by atoms with Crippen molar-refractivity contribution in [3.05, 3.63) is 23.8 Å². The van der Waals surface area contributed by atoms with Gasteiger partial charge in [0.05, 0.1) is 12.7 Å². The Labute approximate surface area is 89.4 Å². The van der Waals surface area contributed by atoms with Gasteiger partial charge in [-0.25, -0.2) is 4.79 Å². The first kappa shape index (κ1) is 11.2. The predicted molar refractivity (Wildman–Crippen MR) is 59.6 cm³/mol. The number of carbonyl (C=O) groups excluding carboxylic acids is 1. The quantitative estimate of drug-likeness (QED) is 0.424. The second-order valence-corrected chi connectivity index (χ2v) is 3.95. The molecular weight excluding hydrogens is 195 g/mol. The molecule has 0 bridgehead atoms. The van der Waals surface area contributed by atoms with E-state index in [0.29, 0.717) is 11.0 Å². The van der Waals surface area contributed by atoms with Crippen molar-refractivity contribution in [3.8, 4) is 0 Å². The zero-order chi connectivity index (χ0) is 10.6. The van der Waals surface area contributed by atoms with Gasteiger partial charge >= 0.3 is 5.97 Å². The first-order chi connectivity index (χ1) is 6.70. The van der Waals surface area contributed by atoms with Crippen molar-refractivity contribution in [2.45, 2.75) is 11.8 Å². The van der Waals surface area contributed by atoms with Crippen molar-refractivity contribution in [2.24, 2.45) is 0 Å². The lowest BCUT2D eigenvalue weighted by Crippen LogP contribution is -2.18. The van der Waals surface area contributed by atoms with E-state index in [-0.39, 0.29) is 5.97 Å². The summed E-state index contributed by atoms with van der Waals surface area (Å²) in [7, 11) is 7.07. The number of hydrogen-bond acceptors (Lipinski definition) is 3. The predicted octanol–water partition coefficient (Wildman–Crippen LogP) is 1.38. The molecule has 0 aliphatic rings. The van der Waals surface area contributed by atoms with E-state index in [1.54, 1.807) is 17.8 Å². The van der Waals surface area contributed by atoms with Crippen molar-refractivity contribution in [1.29, 1.82) is 0 Å². The van der Waals surface area contributed by atoms with Crippen LogP contribution in [0, 0.1) is 0 Å². The highest BCUT2D eigenvalue weighted by molar-refractivity contribution is 7.99. The maximum atomic E-state index is 11.4. The summed E-state index contributed by atoms with van der Waals surface area (Å²) in [5, 5.41) is 0. The van der Waals surface area contributed by atoms with Gasteiger partial charge in [0, 0.05) is 4.90 Å². The Kier molecular flexibility index (Phi) is 4.07. The van der Waals surface area contributed by atoms with Crippen molar-refractivity contribution < 1.29 is 9.53 Å². The third-order valence-electron chi connectivity index (χ3n) is 1.75. The summed E-state index contributed by atoms with van der Waals surface area (Å²) in [5.74, 6) is 0.520. The Hall–Kier alpha value is -0.895. The third-order valence-corrected chi connectivity index (χ3v) is 2.69. The van der Waals surface area contributed by atoms with Crippen LogP contribution in [-0.4, -0.2) is 26.7 Å². The highest BCUT2D eigenvalue weighted by Gasteiger charge is 2.13. The summed E-state index contributed by atoms with van der Waals surface area (Å²) in [4.78, 5) is 12.3. The van der Waals surface area contributed by atoms with E-state index in [4.69, 9.17) is 7.85 Å². The van der Waals surface area contributed by atoms with Gasteiger partial charge in [0.2, 0.25) is 0 Å². The van der Waals surface area contributed by atoms with Gasteiger partial charge < -0.3 is 4.74 Å². The molecule has 1 rings (SSSR count). The van der Waals surface area contributed by atoms with Crippen LogP contribution in [0.5, 0.6) is 0 Å². The lowest BCUT2D eigenvalue weighted by molar-refractivity contribution is 0.0598. The molecule has 0 saturated carbocycles. The molecule has 0 saturated heterocycles. The van der Waals surface area contributed by atoms with Crippen molar-refractivity contribution in [2.75, 3.05) is 12.9 Å². The van der Waals surface area contributed by atoms with E-state index < -0.39 is 0 Å². The van der Waals surface area contributed by atoms with E-state index in [0.717, 1.165) is 10.6 Å². The fourth-order valence-electron chi connectivity index (χ4n) is 1.14. The Balaban J connectivity index is 3.15. The highest BCUT2D eigenvalue weighted by atomic mass is 32.2. The standard InChI is InChI=1S/C10H11BO2S/c1-3-14-8-6-4-5-7(11)9(8)10(12)13-2/h4-6H,3H2,1-2H3. The van der Waals surface area contributed by atoms with Crippen LogP contribution in [0.25, 0.3) is 0 Å². The minimum atomic E-state index is -0.376. The normalized spacial score (nSPS) is 9.86. The van der Waals surface area contributed by atoms with Crippen molar-refractivity contribution in [1.82, 2.24) is 0 Å². The molecule has 0 aliphatic carbocycles. The van der Waals surface area contributed by atoms with Gasteiger partial charge in [-0.05, 0) is 11.8 Å². The largest absolute Gasteiger partial charge is 0.465 e. The Morgan fingerprint density at radius 3 is 2.86 bits per heavy atom. The molecular formula is C10H11BO2S. The van der Waals surface area contributed by atoms with Crippen LogP contribution < -0.4 is 5.46 Å². The Morgan fingerprint density at radius 2 is 2.29 bits per heavy atom. The molecule has 0 unspecified atom stereocenters. The van der Waals surface area contributed by atoms with Crippen LogP contribution in [0.1, 0.15) is 17.3 Å². The summed E-state index contributed by atoms with van der Waals surface area (Å²) >= 11 is 1.58. The summed E-state index contributed by atoms with van der Waals surface area (Å²) < 4.78 is 4.67. The highest BCUT2D eigenvalue weighted by Crippen LogP contribution is 2.21. The maximum absolute atomic E-state index is 11.4. The number of hydrogen-bond donors (Lipinski definition) is 0. The molecule has 2 radical (unpaired) electrons. The smallest absolute Gasteiger partial charge is 0.338 e. The van der Waals surface area contributed by atoms with E-state index in [9.17, 15) is 4.79 Å². The van der Waals surface area contributed by atoms with Gasteiger partial charge in [-0.1, -0.05) is 24.5 Å². The van der Waals surface area contributed by atoms with Crippen LogP contribution in [0.4, 0.5) is 0 Å². The molecule has 0 atom stereocenters. The lowest BCUT2D eigenvalue weighted by atomic mass is 9.91. The summed E-state index contributed by atoms with van der Waals surface area (Å²) in [5.41, 5.74) is 0.942. The Morgan fingerprint density at radius 1 is 1.57 bits per heavy atom. The second-order valence-electron chi connectivity index (χ2n) is 2.64. The van der Waals surface area contributed by atoms with Crippen LogP contribution in [0.15, 0.2) is 23.1 Å². The van der Waals surface area contributed by atoms with Crippen LogP contribution in [0.3, 0.4) is 0 Å². The third kappa shape index (κ3) is 2.32. The van der Waals surface area contributed by atoms with Crippen LogP contribution in [0.2, 0.25) is 0 Å². The van der Waals surface area contributed by atoms with Gasteiger partial charge in [-0.3, -0.25) is 0 Å². The first-order valence-corrected chi connectivity index (χ1v) is 5.28. The van der Waals surface area contributed by atoms with Gasteiger partial charge in [0.1, 0.15) is 7.85 Å². The van der Waals surface area contributed by atoms with Gasteiger partial charge in [0.15, 0.2) is 0 Å². The van der Waals surface area contributed by atoms with E-state index in [2.05, 4.69) is 4.74 Å². The average Bonchev–Trinajstić information content (AvgIpc) is 2.18. The van der Waals surface area contributed by atoms with Crippen molar-refractivity contribution in [3.63, 3.8) is 0 Å². The molecule has 4 heteroatoms. The van der Waals surface area contributed by atoms with E-state index in [1.165, 1.54) is 7.11 Å². The number of rotatable bonds is 3. The maximum Gasteiger partial charge on any atom is 0.338 e. The molecule has 1 aromatic rings. The molecule has 0 aromatic heterocycles. The van der Waals surface area contributed by atoms with Crippen LogP contribution in [-0.2, 0) is 4.74 Å². The molecule has 72 valence electrons. The number of methoxy groups -OCH3 is 1. The van der Waals surface area contributed by atoms with Gasteiger partial charge in [-0.15, -0.1) is 11.8 Å². The minimum absolute atomic E-state index is 0.376. The summed E-state index contributed by atoms with van der Waals surface area (Å²) in [6, 6.07) is 5.41. The zero-order valence-corrected chi connectivity index (χ0v) is 9.06. The number of ether oxygens (including phenoxy) is 1. The van der Waals surface area contributed by atoms with E-state index in [1.807, 2.05) is 19.1 Å². The topological polar surface area (TPSA) is 26.3 Å². The number of carbonyl (C=O) groups is 1. The number of thioether (sulfide) groups is 1. The molecule has 0 fully saturated rings. The second kappa shape index (κ2) is 5.10. The minimum Gasteiger partial charge on any atom is -0.465 e. The molecule has 14 heavy (non-hydrogen) atoms. The summed E-state index contributed by atoms with van der Waals surface area (Å²) in [6.07, 6.45) is 0. The zero-order valence-electron chi connectivity index (χ0n) is 8.24. The molecule has 0 N–H and O–H groups in total. The molecule has 0 aliphatic heterocycles. The van der Waals surface area contributed by atoms with Gasteiger partial charge in [-0.2, -0.15) is 0 Å². The Bertz CT molecular complexity index is 339. The SMILES string of the molecule is [B]c1cccc(SCC)c1C(=O)OC. The lowest BCUT2D eigenvalue weighted by Gasteiger charge is -2.09. The van der Waals surface area contributed by atoms with E-state index >= 15 is 0 Å². The fourth-order valence-corrected chi connectivity index (χ4v) is 1.98. The van der Waals surface area contributed by atoms with Crippen molar-refractivity contribution >= 4 is 31.0 Å². The number of benzene rings is 1. The van der Waals surface area contributed by atoms with Gasteiger partial charge in [0.25, 0.3) is 0 Å². The monoisotopic (exact) mass is 206 g/mol. The molecule has 0 spiro atoms. The molecule has 1 aromatic carbocycles. The molecule has 0 amide bonds. The fraction of sp³-hybridized carbons (Fsp3) is 0.300. The average molecular weight is 206 g/mol. The number of esters is 1. The molecule has 0 heterocycles. The van der Waals surface area contributed by atoms with Crippen LogP contribution >= 0.6 is 11.8 Å². The summed E-state index contributed by atoms with van der Waals surface area (Å²) in [6.45, 7) is 2.02. The molecule has 2 nitrogen and oxygen atoms in total. The first-order valence-electron chi connectivity index (χ1n) is 4.30.